The van der Waals surface area contributed by atoms with Gasteiger partial charge in [0, 0.05) is 36.6 Å². The minimum absolute atomic E-state index is 0.115. The molecule has 1 unspecified atom stereocenters. The van der Waals surface area contributed by atoms with Crippen molar-refractivity contribution in [1.82, 2.24) is 9.88 Å². The van der Waals surface area contributed by atoms with E-state index in [0.717, 1.165) is 55.2 Å². The predicted molar refractivity (Wildman–Crippen MR) is 108 cm³/mol. The molecular weight excluding hydrogens is 354 g/mol. The molecule has 2 heterocycles. The maximum Gasteiger partial charge on any atom is 0.341 e. The average molecular weight is 381 g/mol. The summed E-state index contributed by atoms with van der Waals surface area (Å²) in [5.74, 6) is 0.128. The van der Waals surface area contributed by atoms with Crippen LogP contribution in [0, 0.1) is 5.92 Å². The van der Waals surface area contributed by atoms with Crippen LogP contribution in [-0.2, 0) is 9.53 Å². The van der Waals surface area contributed by atoms with Crippen molar-refractivity contribution in [3.8, 4) is 0 Å². The van der Waals surface area contributed by atoms with E-state index in [0.29, 0.717) is 24.6 Å². The van der Waals surface area contributed by atoms with Crippen LogP contribution in [-0.4, -0.2) is 47.5 Å². The molecule has 6 nitrogen and oxygen atoms in total. The van der Waals surface area contributed by atoms with Crippen LogP contribution in [0.2, 0.25) is 0 Å². The van der Waals surface area contributed by atoms with E-state index < -0.39 is 0 Å². The number of aromatic nitrogens is 1. The number of esters is 1. The fourth-order valence-corrected chi connectivity index (χ4v) is 4.37. The minimum atomic E-state index is -0.375. The van der Waals surface area contributed by atoms with Crippen LogP contribution in [0.4, 0.5) is 5.69 Å². The topological polar surface area (TPSA) is 71.5 Å². The molecule has 0 bridgehead atoms. The van der Waals surface area contributed by atoms with E-state index in [1.807, 2.05) is 29.2 Å². The molecular formula is C22H27N3O3. The third-order valence-corrected chi connectivity index (χ3v) is 5.82. The third-order valence-electron chi connectivity index (χ3n) is 5.82. The molecule has 1 N–H and O–H groups in total. The Labute approximate surface area is 165 Å². The second-order valence-corrected chi connectivity index (χ2v) is 7.68. The van der Waals surface area contributed by atoms with Crippen LogP contribution in [0.15, 0.2) is 30.5 Å². The average Bonchev–Trinajstić information content (AvgIpc) is 3.40. The van der Waals surface area contributed by atoms with Gasteiger partial charge in [0.05, 0.1) is 17.8 Å². The van der Waals surface area contributed by atoms with Crippen molar-refractivity contribution in [2.75, 3.05) is 25.0 Å². The van der Waals surface area contributed by atoms with E-state index in [1.165, 1.54) is 0 Å². The highest BCUT2D eigenvalue weighted by Crippen LogP contribution is 2.31. The highest BCUT2D eigenvalue weighted by Gasteiger charge is 2.33. The maximum absolute atomic E-state index is 12.7. The smallest absolute Gasteiger partial charge is 0.341 e. The second-order valence-electron chi connectivity index (χ2n) is 7.68. The van der Waals surface area contributed by atoms with Crippen molar-refractivity contribution in [2.24, 2.45) is 5.92 Å². The second kappa shape index (κ2) is 8.17. The summed E-state index contributed by atoms with van der Waals surface area (Å²) in [6.07, 6.45) is 6.83. The van der Waals surface area contributed by atoms with Crippen molar-refractivity contribution >= 4 is 28.5 Å². The fraction of sp³-hybridized carbons (Fsp3) is 0.500. The van der Waals surface area contributed by atoms with Crippen molar-refractivity contribution in [2.45, 2.75) is 45.1 Å². The summed E-state index contributed by atoms with van der Waals surface area (Å²) < 4.78 is 5.23. The molecule has 148 valence electrons. The Hall–Kier alpha value is -2.63. The highest BCUT2D eigenvalue weighted by molar-refractivity contribution is 6.05. The largest absolute Gasteiger partial charge is 0.462 e. The number of nitrogens with one attached hydrogen (secondary N) is 1. The number of pyridine rings is 1. The summed E-state index contributed by atoms with van der Waals surface area (Å²) in [7, 11) is 0. The number of ether oxygens (including phenoxy) is 1. The molecule has 1 amide bonds. The van der Waals surface area contributed by atoms with E-state index in [2.05, 4.69) is 10.3 Å². The van der Waals surface area contributed by atoms with Gasteiger partial charge in [-0.05, 0) is 32.3 Å². The number of anilines is 1. The Balaban J connectivity index is 1.56. The zero-order valence-electron chi connectivity index (χ0n) is 16.3. The highest BCUT2D eigenvalue weighted by atomic mass is 16.5. The van der Waals surface area contributed by atoms with Crippen LogP contribution >= 0.6 is 0 Å². The first-order valence-electron chi connectivity index (χ1n) is 10.3. The van der Waals surface area contributed by atoms with Gasteiger partial charge in [-0.15, -0.1) is 0 Å². The Morgan fingerprint density at radius 1 is 1.21 bits per heavy atom. The summed E-state index contributed by atoms with van der Waals surface area (Å²) in [5, 5.41) is 4.43. The molecule has 0 radical (unpaired) electrons. The first-order chi connectivity index (χ1) is 13.7. The van der Waals surface area contributed by atoms with E-state index in [4.69, 9.17) is 4.74 Å². The molecule has 1 saturated carbocycles. The Bertz CT molecular complexity index is 876. The number of benzene rings is 1. The van der Waals surface area contributed by atoms with E-state index in [-0.39, 0.29) is 17.9 Å². The molecule has 28 heavy (non-hydrogen) atoms. The molecule has 6 heteroatoms. The maximum atomic E-state index is 12.7. The van der Waals surface area contributed by atoms with Crippen molar-refractivity contribution in [3.05, 3.63) is 36.0 Å². The van der Waals surface area contributed by atoms with Crippen LogP contribution in [0.25, 0.3) is 10.9 Å². The SMILES string of the molecule is CCOC(=O)c1cnc2ccccc2c1NC1CCN(C(=O)C2CCCC2)C1. The lowest BCUT2D eigenvalue weighted by Gasteiger charge is -2.22. The van der Waals surface area contributed by atoms with Gasteiger partial charge in [-0.3, -0.25) is 9.78 Å². The molecule has 1 aromatic carbocycles. The number of carbonyl (C=O) groups excluding carboxylic acids is 2. The van der Waals surface area contributed by atoms with Crippen LogP contribution < -0.4 is 5.32 Å². The number of likely N-dealkylation sites (tertiary alicyclic amines) is 1. The Morgan fingerprint density at radius 2 is 2.00 bits per heavy atom. The van der Waals surface area contributed by atoms with Crippen molar-refractivity contribution < 1.29 is 14.3 Å². The Morgan fingerprint density at radius 3 is 2.79 bits per heavy atom. The summed E-state index contributed by atoms with van der Waals surface area (Å²) in [5.41, 5.74) is 2.03. The van der Waals surface area contributed by atoms with E-state index in [1.54, 1.807) is 13.1 Å². The number of para-hydroxylation sites is 1. The molecule has 2 aromatic rings. The van der Waals surface area contributed by atoms with Gasteiger partial charge in [0.2, 0.25) is 5.91 Å². The molecule has 1 saturated heterocycles. The van der Waals surface area contributed by atoms with E-state index >= 15 is 0 Å². The van der Waals surface area contributed by atoms with Gasteiger partial charge in [-0.1, -0.05) is 31.0 Å². The standard InChI is InChI=1S/C22H27N3O3/c1-2-28-22(27)18-13-23-19-10-6-5-9-17(19)20(18)24-16-11-12-25(14-16)21(26)15-7-3-4-8-15/h5-6,9-10,13,15-16H,2-4,7-8,11-12,14H2,1H3,(H,23,24). The molecule has 0 spiro atoms. The molecule has 1 atom stereocenters. The predicted octanol–water partition coefficient (Wildman–Crippen LogP) is 3.61. The molecule has 1 aliphatic heterocycles. The van der Waals surface area contributed by atoms with E-state index in [9.17, 15) is 9.59 Å². The monoisotopic (exact) mass is 381 g/mol. The summed E-state index contributed by atoms with van der Waals surface area (Å²) in [6.45, 7) is 3.56. The zero-order valence-corrected chi connectivity index (χ0v) is 16.3. The lowest BCUT2D eigenvalue weighted by atomic mass is 10.1. The summed E-state index contributed by atoms with van der Waals surface area (Å²) in [6, 6.07) is 7.88. The normalized spacial score (nSPS) is 19.9. The van der Waals surface area contributed by atoms with Gasteiger partial charge in [0.25, 0.3) is 0 Å². The number of fused-ring (bicyclic) bond motifs is 1. The molecule has 1 aliphatic carbocycles. The molecule has 4 rings (SSSR count). The first kappa shape index (κ1) is 18.7. The summed E-state index contributed by atoms with van der Waals surface area (Å²) >= 11 is 0. The van der Waals surface area contributed by atoms with Crippen LogP contribution in [0.5, 0.6) is 0 Å². The Kier molecular flexibility index (Phi) is 5.46. The minimum Gasteiger partial charge on any atom is -0.462 e. The van der Waals surface area contributed by atoms with Crippen LogP contribution in [0.1, 0.15) is 49.4 Å². The summed E-state index contributed by atoms with van der Waals surface area (Å²) in [4.78, 5) is 31.6. The van der Waals surface area contributed by atoms with Gasteiger partial charge < -0.3 is 15.0 Å². The molecule has 2 aliphatic rings. The van der Waals surface area contributed by atoms with Gasteiger partial charge in [0.1, 0.15) is 5.56 Å². The van der Waals surface area contributed by atoms with Gasteiger partial charge in [-0.2, -0.15) is 0 Å². The lowest BCUT2D eigenvalue weighted by molar-refractivity contribution is -0.134. The number of nitrogens with zero attached hydrogens (tertiary/aromatic N) is 2. The first-order valence-corrected chi connectivity index (χ1v) is 10.3. The quantitative estimate of drug-likeness (QED) is 0.801. The lowest BCUT2D eigenvalue weighted by Crippen LogP contribution is -2.35. The zero-order chi connectivity index (χ0) is 19.5. The number of hydrogen-bond donors (Lipinski definition) is 1. The van der Waals surface area contributed by atoms with Crippen LogP contribution in [0.3, 0.4) is 0 Å². The van der Waals surface area contributed by atoms with Gasteiger partial charge >= 0.3 is 5.97 Å². The fourth-order valence-electron chi connectivity index (χ4n) is 4.37. The third kappa shape index (κ3) is 3.68. The number of carbonyl (C=O) groups is 2. The molecule has 2 fully saturated rings. The van der Waals surface area contributed by atoms with Crippen molar-refractivity contribution in [3.63, 3.8) is 0 Å². The number of amides is 1. The van der Waals surface area contributed by atoms with Gasteiger partial charge in [0.15, 0.2) is 0 Å². The molecule has 1 aromatic heterocycles. The van der Waals surface area contributed by atoms with Gasteiger partial charge in [-0.25, -0.2) is 4.79 Å². The number of rotatable bonds is 5. The van der Waals surface area contributed by atoms with Crippen molar-refractivity contribution in [1.29, 1.82) is 0 Å². The number of hydrogen-bond acceptors (Lipinski definition) is 5.